The second-order valence-corrected chi connectivity index (χ2v) is 3.11. The van der Waals surface area contributed by atoms with E-state index >= 15 is 0 Å². The van der Waals surface area contributed by atoms with Gasteiger partial charge in [-0.25, -0.2) is 0 Å². The van der Waals surface area contributed by atoms with Gasteiger partial charge in [0.1, 0.15) is 0 Å². The van der Waals surface area contributed by atoms with Gasteiger partial charge in [0.2, 0.25) is 0 Å². The Balaban J connectivity index is 2.78. The highest BCUT2D eigenvalue weighted by Crippen LogP contribution is 2.22. The van der Waals surface area contributed by atoms with E-state index in [9.17, 15) is 0 Å². The van der Waals surface area contributed by atoms with Crippen molar-refractivity contribution in [2.75, 3.05) is 0 Å². The fraction of sp³-hybridized carbons (Fsp3) is 0.444. The van der Waals surface area contributed by atoms with Crippen molar-refractivity contribution in [3.63, 3.8) is 0 Å². The molecule has 1 atom stereocenters. The van der Waals surface area contributed by atoms with Crippen LogP contribution in [0.3, 0.4) is 0 Å². The first-order chi connectivity index (χ1) is 4.74. The molecule has 0 aromatic heterocycles. The van der Waals surface area contributed by atoms with Crippen molar-refractivity contribution in [3.05, 3.63) is 23.3 Å². The molecular formula is C9H12S. The van der Waals surface area contributed by atoms with Crippen molar-refractivity contribution in [1.82, 2.24) is 0 Å². The molecule has 0 spiro atoms. The van der Waals surface area contributed by atoms with Crippen LogP contribution in [0.15, 0.2) is 23.3 Å². The first-order valence-corrected chi connectivity index (χ1v) is 4.03. The second-order valence-electron chi connectivity index (χ2n) is 2.88. The Morgan fingerprint density at radius 2 is 2.30 bits per heavy atom. The summed E-state index contributed by atoms with van der Waals surface area (Å²) < 4.78 is 0. The lowest BCUT2D eigenvalue weighted by molar-refractivity contribution is 0.677. The summed E-state index contributed by atoms with van der Waals surface area (Å²) in [5.74, 6) is 0.680. The second kappa shape index (κ2) is 3.11. The molecule has 1 heteroatoms. The van der Waals surface area contributed by atoms with Gasteiger partial charge in [-0.15, -0.1) is 0 Å². The van der Waals surface area contributed by atoms with Crippen LogP contribution in [-0.2, 0) is 0 Å². The molecule has 0 aliphatic heterocycles. The molecule has 1 aliphatic rings. The predicted molar refractivity (Wildman–Crippen MR) is 49.3 cm³/mol. The molecule has 0 radical (unpaired) electrons. The Morgan fingerprint density at radius 3 is 2.80 bits per heavy atom. The molecule has 1 unspecified atom stereocenters. The zero-order valence-electron chi connectivity index (χ0n) is 6.42. The van der Waals surface area contributed by atoms with Crippen molar-refractivity contribution in [3.8, 4) is 0 Å². The summed E-state index contributed by atoms with van der Waals surface area (Å²) in [6.07, 6.45) is 5.39. The number of hydrogen-bond donors (Lipinski definition) is 0. The zero-order chi connectivity index (χ0) is 7.56. The minimum atomic E-state index is 0.680. The van der Waals surface area contributed by atoms with Crippen molar-refractivity contribution in [2.24, 2.45) is 5.92 Å². The van der Waals surface area contributed by atoms with Gasteiger partial charge in [0.25, 0.3) is 0 Å². The highest BCUT2D eigenvalue weighted by Gasteiger charge is 2.08. The fourth-order valence-electron chi connectivity index (χ4n) is 1.07. The molecule has 0 heterocycles. The molecule has 0 aromatic carbocycles. The van der Waals surface area contributed by atoms with E-state index in [2.05, 4.69) is 26.0 Å². The topological polar surface area (TPSA) is 0 Å². The molecule has 1 rings (SSSR count). The van der Waals surface area contributed by atoms with Crippen LogP contribution in [-0.4, -0.2) is 5.37 Å². The van der Waals surface area contributed by atoms with E-state index in [0.717, 1.165) is 6.42 Å². The van der Waals surface area contributed by atoms with Gasteiger partial charge >= 0.3 is 0 Å². The van der Waals surface area contributed by atoms with Gasteiger partial charge < -0.3 is 0 Å². The third-order valence-corrected chi connectivity index (χ3v) is 2.33. The van der Waals surface area contributed by atoms with Crippen molar-refractivity contribution in [2.45, 2.75) is 20.3 Å². The lowest BCUT2D eigenvalue weighted by Gasteiger charge is -2.15. The van der Waals surface area contributed by atoms with Gasteiger partial charge in [-0.2, -0.15) is 0 Å². The SMILES string of the molecule is CC1=CC=C(C=S)CC1C. The van der Waals surface area contributed by atoms with Gasteiger partial charge in [0.05, 0.1) is 0 Å². The smallest absolute Gasteiger partial charge is 0.00458 e. The van der Waals surface area contributed by atoms with E-state index in [1.54, 1.807) is 5.37 Å². The molecule has 54 valence electrons. The van der Waals surface area contributed by atoms with Crippen LogP contribution in [0.1, 0.15) is 20.3 Å². The molecule has 0 N–H and O–H groups in total. The van der Waals surface area contributed by atoms with E-state index in [0.29, 0.717) is 5.92 Å². The van der Waals surface area contributed by atoms with Crippen LogP contribution < -0.4 is 0 Å². The molecule has 0 nitrogen and oxygen atoms in total. The predicted octanol–water partition coefficient (Wildman–Crippen LogP) is 2.90. The minimum absolute atomic E-state index is 0.680. The lowest BCUT2D eigenvalue weighted by atomic mass is 9.90. The number of thiocarbonyl (C=S) groups is 1. The minimum Gasteiger partial charge on any atom is -0.0884 e. The molecule has 0 saturated heterocycles. The quantitative estimate of drug-likeness (QED) is 0.521. The highest BCUT2D eigenvalue weighted by molar-refractivity contribution is 7.79. The fourth-order valence-corrected chi connectivity index (χ4v) is 1.25. The standard InChI is InChI=1S/C9H12S/c1-7-3-4-9(6-10)5-8(7)2/h3-4,6,8H,5H2,1-2H3. The Hall–Kier alpha value is -0.430. The van der Waals surface area contributed by atoms with Crippen LogP contribution in [0.2, 0.25) is 0 Å². The summed E-state index contributed by atoms with van der Waals surface area (Å²) in [5, 5.41) is 1.78. The molecule has 10 heavy (non-hydrogen) atoms. The zero-order valence-corrected chi connectivity index (χ0v) is 7.24. The van der Waals surface area contributed by atoms with E-state index in [1.165, 1.54) is 11.1 Å². The summed E-state index contributed by atoms with van der Waals surface area (Å²) in [6.45, 7) is 4.40. The largest absolute Gasteiger partial charge is 0.0884 e. The van der Waals surface area contributed by atoms with Crippen molar-refractivity contribution < 1.29 is 0 Å². The number of allylic oxidation sites excluding steroid dienone is 4. The molecule has 1 aliphatic carbocycles. The van der Waals surface area contributed by atoms with Crippen LogP contribution >= 0.6 is 12.2 Å². The Labute approximate surface area is 67.6 Å². The van der Waals surface area contributed by atoms with Gasteiger partial charge in [-0.3, -0.25) is 0 Å². The van der Waals surface area contributed by atoms with Crippen molar-refractivity contribution in [1.29, 1.82) is 0 Å². The third-order valence-electron chi connectivity index (χ3n) is 2.03. The molecular weight excluding hydrogens is 140 g/mol. The van der Waals surface area contributed by atoms with E-state index in [-0.39, 0.29) is 0 Å². The summed E-state index contributed by atoms with van der Waals surface area (Å²) in [4.78, 5) is 0. The average Bonchev–Trinajstić information content (AvgIpc) is 1.95. The first-order valence-electron chi connectivity index (χ1n) is 3.56. The Morgan fingerprint density at radius 1 is 1.60 bits per heavy atom. The summed E-state index contributed by atoms with van der Waals surface area (Å²) in [7, 11) is 0. The summed E-state index contributed by atoms with van der Waals surface area (Å²) in [5.41, 5.74) is 2.74. The van der Waals surface area contributed by atoms with Crippen molar-refractivity contribution >= 4 is 17.6 Å². The van der Waals surface area contributed by atoms with Gasteiger partial charge in [-0.1, -0.05) is 36.9 Å². The average molecular weight is 152 g/mol. The Kier molecular flexibility index (Phi) is 2.39. The lowest BCUT2D eigenvalue weighted by Crippen LogP contribution is -2.02. The molecule has 0 aromatic rings. The number of rotatable bonds is 1. The van der Waals surface area contributed by atoms with Gasteiger partial charge in [-0.05, 0) is 24.8 Å². The molecule has 0 bridgehead atoms. The highest BCUT2D eigenvalue weighted by atomic mass is 32.1. The normalized spacial score (nSPS) is 25.2. The third kappa shape index (κ3) is 1.54. The molecule has 0 amide bonds. The van der Waals surface area contributed by atoms with Crippen LogP contribution in [0, 0.1) is 5.92 Å². The van der Waals surface area contributed by atoms with E-state index < -0.39 is 0 Å². The first kappa shape index (κ1) is 7.67. The van der Waals surface area contributed by atoms with Gasteiger partial charge in [0.15, 0.2) is 0 Å². The van der Waals surface area contributed by atoms with E-state index in [4.69, 9.17) is 12.2 Å². The van der Waals surface area contributed by atoms with Crippen LogP contribution in [0.5, 0.6) is 0 Å². The summed E-state index contributed by atoms with van der Waals surface area (Å²) >= 11 is 4.84. The van der Waals surface area contributed by atoms with Crippen LogP contribution in [0.4, 0.5) is 0 Å². The molecule has 0 saturated carbocycles. The maximum atomic E-state index is 4.84. The maximum absolute atomic E-state index is 4.84. The maximum Gasteiger partial charge on any atom is 0.00458 e. The summed E-state index contributed by atoms with van der Waals surface area (Å²) in [6, 6.07) is 0. The monoisotopic (exact) mass is 152 g/mol. The van der Waals surface area contributed by atoms with Crippen LogP contribution in [0.25, 0.3) is 0 Å². The van der Waals surface area contributed by atoms with E-state index in [1.807, 2.05) is 0 Å². The Bertz CT molecular complexity index is 199. The molecule has 0 fully saturated rings. The number of hydrogen-bond acceptors (Lipinski definition) is 1. The van der Waals surface area contributed by atoms with Gasteiger partial charge in [0, 0.05) is 5.37 Å².